The number of aromatic nitrogens is 1. The third-order valence-corrected chi connectivity index (χ3v) is 5.14. The fourth-order valence-corrected chi connectivity index (χ4v) is 3.78. The van der Waals surface area contributed by atoms with E-state index in [1.165, 1.54) is 6.39 Å². The quantitative estimate of drug-likeness (QED) is 0.845. The van der Waals surface area contributed by atoms with Crippen LogP contribution in [0, 0.1) is 6.92 Å². The van der Waals surface area contributed by atoms with Crippen LogP contribution in [0.2, 0.25) is 0 Å². The second-order valence-corrected chi connectivity index (χ2v) is 6.39. The molecular weight excluding hydrogens is 228 g/mol. The number of aryl methyl sites for hydroxylation is 1. The van der Waals surface area contributed by atoms with Gasteiger partial charge in [-0.25, -0.2) is 13.4 Å². The molecule has 0 aromatic carbocycles. The second kappa shape index (κ2) is 4.55. The molecule has 0 amide bonds. The van der Waals surface area contributed by atoms with Crippen molar-refractivity contribution in [2.75, 3.05) is 13.1 Å². The summed E-state index contributed by atoms with van der Waals surface area (Å²) in [6.45, 7) is 3.30. The van der Waals surface area contributed by atoms with Crippen molar-refractivity contribution in [2.45, 2.75) is 30.8 Å². The SMILES string of the molecule is Cc1ocnc1CS(=O)(=O)C1CCNCC1. The Bertz CT molecular complexity index is 446. The number of nitrogens with one attached hydrogen (secondary N) is 1. The van der Waals surface area contributed by atoms with Gasteiger partial charge in [0.2, 0.25) is 0 Å². The van der Waals surface area contributed by atoms with Crippen molar-refractivity contribution in [3.8, 4) is 0 Å². The monoisotopic (exact) mass is 244 g/mol. The van der Waals surface area contributed by atoms with E-state index in [-0.39, 0.29) is 11.0 Å². The predicted molar refractivity (Wildman–Crippen MR) is 59.8 cm³/mol. The third kappa shape index (κ3) is 2.44. The molecular formula is C10H16N2O3S. The molecule has 1 aromatic rings. The summed E-state index contributed by atoms with van der Waals surface area (Å²) in [5.74, 6) is 0.595. The lowest BCUT2D eigenvalue weighted by molar-refractivity contribution is 0.495. The van der Waals surface area contributed by atoms with E-state index in [4.69, 9.17) is 4.42 Å². The van der Waals surface area contributed by atoms with Crippen LogP contribution in [0.1, 0.15) is 24.3 Å². The van der Waals surface area contributed by atoms with E-state index in [2.05, 4.69) is 10.3 Å². The Labute approximate surface area is 95.2 Å². The van der Waals surface area contributed by atoms with Gasteiger partial charge in [-0.15, -0.1) is 0 Å². The summed E-state index contributed by atoms with van der Waals surface area (Å²) < 4.78 is 29.2. The Morgan fingerprint density at radius 1 is 1.50 bits per heavy atom. The van der Waals surface area contributed by atoms with Crippen molar-refractivity contribution in [1.82, 2.24) is 10.3 Å². The molecule has 16 heavy (non-hydrogen) atoms. The molecule has 0 atom stereocenters. The van der Waals surface area contributed by atoms with Crippen LogP contribution < -0.4 is 5.32 Å². The van der Waals surface area contributed by atoms with Gasteiger partial charge in [0.05, 0.1) is 16.7 Å². The van der Waals surface area contributed by atoms with Crippen LogP contribution in [0.25, 0.3) is 0 Å². The molecule has 0 aliphatic carbocycles. The van der Waals surface area contributed by atoms with Crippen molar-refractivity contribution in [3.63, 3.8) is 0 Å². The number of hydrogen-bond acceptors (Lipinski definition) is 5. The van der Waals surface area contributed by atoms with E-state index in [0.29, 0.717) is 24.3 Å². The molecule has 0 bridgehead atoms. The van der Waals surface area contributed by atoms with Gasteiger partial charge in [-0.3, -0.25) is 0 Å². The van der Waals surface area contributed by atoms with Crippen LogP contribution in [0.5, 0.6) is 0 Å². The van der Waals surface area contributed by atoms with Crippen LogP contribution >= 0.6 is 0 Å². The number of piperidine rings is 1. The lowest BCUT2D eigenvalue weighted by atomic mass is 10.2. The van der Waals surface area contributed by atoms with Gasteiger partial charge >= 0.3 is 0 Å². The highest BCUT2D eigenvalue weighted by Gasteiger charge is 2.28. The van der Waals surface area contributed by atoms with Gasteiger partial charge in [-0.05, 0) is 32.9 Å². The Hall–Kier alpha value is -0.880. The number of oxazole rings is 1. The molecule has 1 aliphatic heterocycles. The minimum Gasteiger partial charge on any atom is -0.448 e. The summed E-state index contributed by atoms with van der Waals surface area (Å²) in [6, 6.07) is 0. The highest BCUT2D eigenvalue weighted by molar-refractivity contribution is 7.91. The fraction of sp³-hybridized carbons (Fsp3) is 0.700. The van der Waals surface area contributed by atoms with E-state index in [9.17, 15) is 8.42 Å². The molecule has 1 aliphatic rings. The molecule has 6 heteroatoms. The van der Waals surface area contributed by atoms with Gasteiger partial charge in [0.25, 0.3) is 0 Å². The maximum Gasteiger partial charge on any atom is 0.181 e. The lowest BCUT2D eigenvalue weighted by Crippen LogP contribution is -2.36. The van der Waals surface area contributed by atoms with Crippen LogP contribution in [0.4, 0.5) is 0 Å². The summed E-state index contributed by atoms with van der Waals surface area (Å²) in [5, 5.41) is 2.93. The van der Waals surface area contributed by atoms with Gasteiger partial charge in [-0.1, -0.05) is 0 Å². The summed E-state index contributed by atoms with van der Waals surface area (Å²) in [6.07, 6.45) is 2.68. The molecule has 0 spiro atoms. The minimum absolute atomic E-state index is 0. The van der Waals surface area contributed by atoms with Gasteiger partial charge in [0.1, 0.15) is 5.76 Å². The van der Waals surface area contributed by atoms with E-state index < -0.39 is 9.84 Å². The van der Waals surface area contributed by atoms with E-state index in [1.807, 2.05) is 0 Å². The molecule has 5 nitrogen and oxygen atoms in total. The van der Waals surface area contributed by atoms with Crippen molar-refractivity contribution < 1.29 is 12.8 Å². The summed E-state index contributed by atoms with van der Waals surface area (Å²) >= 11 is 0. The van der Waals surface area contributed by atoms with E-state index >= 15 is 0 Å². The topological polar surface area (TPSA) is 72.2 Å². The van der Waals surface area contributed by atoms with Crippen molar-refractivity contribution in [1.29, 1.82) is 0 Å². The predicted octanol–water partition coefficient (Wildman–Crippen LogP) is 0.650. The molecule has 1 saturated heterocycles. The summed E-state index contributed by atoms with van der Waals surface area (Å²) in [7, 11) is -3.09. The molecule has 1 N–H and O–H groups in total. The van der Waals surface area contributed by atoms with Gasteiger partial charge in [0, 0.05) is 0 Å². The second-order valence-electron chi connectivity index (χ2n) is 4.11. The molecule has 2 heterocycles. The number of sulfone groups is 1. The average Bonchev–Trinajstić information content (AvgIpc) is 2.65. The molecule has 1 aromatic heterocycles. The minimum atomic E-state index is -3.09. The number of hydrogen-bond donors (Lipinski definition) is 1. The van der Waals surface area contributed by atoms with Crippen LogP contribution in [0.15, 0.2) is 10.8 Å². The fourth-order valence-electron chi connectivity index (χ4n) is 1.93. The summed E-state index contributed by atoms with van der Waals surface area (Å²) in [5.41, 5.74) is 0.540. The first-order valence-electron chi connectivity index (χ1n) is 5.41. The maximum atomic E-state index is 12.1. The van der Waals surface area contributed by atoms with E-state index in [0.717, 1.165) is 13.1 Å². The molecule has 0 unspecified atom stereocenters. The third-order valence-electron chi connectivity index (χ3n) is 2.98. The normalized spacial score (nSPS) is 18.8. The Balaban J connectivity index is 2.10. The Morgan fingerprint density at radius 2 is 2.19 bits per heavy atom. The molecule has 0 saturated carbocycles. The molecule has 90 valence electrons. The zero-order valence-corrected chi connectivity index (χ0v) is 10.1. The van der Waals surface area contributed by atoms with E-state index in [1.54, 1.807) is 6.92 Å². The van der Waals surface area contributed by atoms with Crippen molar-refractivity contribution >= 4 is 9.84 Å². The van der Waals surface area contributed by atoms with Crippen molar-refractivity contribution in [3.05, 3.63) is 17.8 Å². The maximum absolute atomic E-state index is 12.1. The first-order chi connectivity index (χ1) is 7.59. The molecule has 1 fully saturated rings. The van der Waals surface area contributed by atoms with Gasteiger partial charge < -0.3 is 9.73 Å². The zero-order chi connectivity index (χ0) is 11.6. The Kier molecular flexibility index (Phi) is 3.30. The summed E-state index contributed by atoms with van der Waals surface area (Å²) in [4.78, 5) is 3.93. The number of rotatable bonds is 3. The van der Waals surface area contributed by atoms with Gasteiger partial charge in [0.15, 0.2) is 16.2 Å². The lowest BCUT2D eigenvalue weighted by Gasteiger charge is -2.22. The standard InChI is InChI=1S/C10H16N2O3S/c1-8-10(12-7-15-8)6-16(13,14)9-2-4-11-5-3-9/h7,9,11H,2-6H2,1H3. The molecule has 0 radical (unpaired) electrons. The Morgan fingerprint density at radius 3 is 2.75 bits per heavy atom. The number of nitrogens with zero attached hydrogens (tertiary/aromatic N) is 1. The zero-order valence-electron chi connectivity index (χ0n) is 9.27. The van der Waals surface area contributed by atoms with Crippen LogP contribution in [0.3, 0.4) is 0 Å². The molecule has 2 rings (SSSR count). The largest absolute Gasteiger partial charge is 0.448 e. The average molecular weight is 244 g/mol. The van der Waals surface area contributed by atoms with Crippen molar-refractivity contribution in [2.24, 2.45) is 0 Å². The smallest absolute Gasteiger partial charge is 0.181 e. The highest BCUT2D eigenvalue weighted by Crippen LogP contribution is 2.19. The van der Waals surface area contributed by atoms with Crippen LogP contribution in [-0.2, 0) is 15.6 Å². The highest BCUT2D eigenvalue weighted by atomic mass is 32.2. The first kappa shape index (κ1) is 11.6. The van der Waals surface area contributed by atoms with Crippen LogP contribution in [-0.4, -0.2) is 31.7 Å². The van der Waals surface area contributed by atoms with Gasteiger partial charge in [-0.2, -0.15) is 0 Å². The first-order valence-corrected chi connectivity index (χ1v) is 7.12.